The van der Waals surface area contributed by atoms with E-state index in [1.54, 1.807) is 0 Å². The number of rotatable bonds is 6. The Kier molecular flexibility index (Phi) is 4.42. The minimum absolute atomic E-state index is 0.264. The summed E-state index contributed by atoms with van der Waals surface area (Å²) < 4.78 is 5.67. The number of likely N-dealkylation sites (tertiary alicyclic amines) is 1. The lowest BCUT2D eigenvalue weighted by Crippen LogP contribution is -2.24. The Morgan fingerprint density at radius 3 is 2.94 bits per heavy atom. The summed E-state index contributed by atoms with van der Waals surface area (Å²) in [4.78, 5) is 13.8. The number of nitrogens with zero attached hydrogens (tertiary/aromatic N) is 1. The molecule has 0 radical (unpaired) electrons. The van der Waals surface area contributed by atoms with Crippen molar-refractivity contribution in [2.24, 2.45) is 5.92 Å². The molecule has 1 aromatic heterocycles. The van der Waals surface area contributed by atoms with Crippen LogP contribution >= 0.6 is 0 Å². The van der Waals surface area contributed by atoms with Crippen LogP contribution in [0.2, 0.25) is 0 Å². The van der Waals surface area contributed by atoms with Crippen LogP contribution in [0.25, 0.3) is 0 Å². The summed E-state index contributed by atoms with van der Waals surface area (Å²) in [5, 5.41) is 3.05. The van der Waals surface area contributed by atoms with Gasteiger partial charge in [0, 0.05) is 13.0 Å². The SMILES string of the molecule is CCCC1CC(=O)N(Cc2ccc(CNC)o2)C1. The van der Waals surface area contributed by atoms with Crippen molar-refractivity contribution in [1.82, 2.24) is 10.2 Å². The smallest absolute Gasteiger partial charge is 0.223 e. The molecule has 4 nitrogen and oxygen atoms in total. The van der Waals surface area contributed by atoms with Crippen LogP contribution in [0.5, 0.6) is 0 Å². The van der Waals surface area contributed by atoms with Gasteiger partial charge in [0.1, 0.15) is 11.5 Å². The second-order valence-corrected chi connectivity index (χ2v) is 5.03. The van der Waals surface area contributed by atoms with Crippen molar-refractivity contribution in [3.05, 3.63) is 23.7 Å². The van der Waals surface area contributed by atoms with Gasteiger partial charge in [-0.2, -0.15) is 0 Å². The van der Waals surface area contributed by atoms with Crippen molar-refractivity contribution in [3.63, 3.8) is 0 Å². The third-order valence-electron chi connectivity index (χ3n) is 3.41. The van der Waals surface area contributed by atoms with E-state index < -0.39 is 0 Å². The Bertz CT molecular complexity index is 400. The molecule has 1 fully saturated rings. The number of nitrogens with one attached hydrogen (secondary N) is 1. The van der Waals surface area contributed by atoms with Crippen molar-refractivity contribution in [1.29, 1.82) is 0 Å². The molecule has 4 heteroatoms. The normalized spacial score (nSPS) is 19.8. The number of furan rings is 1. The minimum Gasteiger partial charge on any atom is -0.463 e. The second kappa shape index (κ2) is 6.05. The van der Waals surface area contributed by atoms with Crippen molar-refractivity contribution in [2.45, 2.75) is 39.3 Å². The van der Waals surface area contributed by atoms with Crippen LogP contribution in [-0.4, -0.2) is 24.4 Å². The topological polar surface area (TPSA) is 45.5 Å². The highest BCUT2D eigenvalue weighted by atomic mass is 16.3. The molecule has 0 aliphatic carbocycles. The lowest BCUT2D eigenvalue weighted by Gasteiger charge is -2.14. The average Bonchev–Trinajstić information content (AvgIpc) is 2.89. The largest absolute Gasteiger partial charge is 0.463 e. The van der Waals surface area contributed by atoms with Gasteiger partial charge in [-0.25, -0.2) is 0 Å². The molecule has 1 atom stereocenters. The lowest BCUT2D eigenvalue weighted by molar-refractivity contribution is -0.128. The summed E-state index contributed by atoms with van der Waals surface area (Å²) in [5.41, 5.74) is 0. The van der Waals surface area contributed by atoms with Crippen molar-refractivity contribution < 1.29 is 9.21 Å². The zero-order valence-electron chi connectivity index (χ0n) is 11.2. The summed E-state index contributed by atoms with van der Waals surface area (Å²) in [6.45, 7) is 4.40. The van der Waals surface area contributed by atoms with E-state index in [2.05, 4.69) is 12.2 Å². The van der Waals surface area contributed by atoms with E-state index in [1.165, 1.54) is 0 Å². The van der Waals surface area contributed by atoms with E-state index >= 15 is 0 Å². The predicted octanol–water partition coefficient (Wildman–Crippen LogP) is 2.15. The van der Waals surface area contributed by atoms with Crippen LogP contribution in [0.4, 0.5) is 0 Å². The third kappa shape index (κ3) is 3.13. The van der Waals surface area contributed by atoms with Crippen molar-refractivity contribution in [2.75, 3.05) is 13.6 Å². The summed E-state index contributed by atoms with van der Waals surface area (Å²) in [5.74, 6) is 2.60. The Labute approximate surface area is 108 Å². The van der Waals surface area contributed by atoms with E-state index in [4.69, 9.17) is 4.42 Å². The fraction of sp³-hybridized carbons (Fsp3) is 0.643. The van der Waals surface area contributed by atoms with Gasteiger partial charge in [0.15, 0.2) is 0 Å². The summed E-state index contributed by atoms with van der Waals surface area (Å²) in [6.07, 6.45) is 3.00. The minimum atomic E-state index is 0.264. The molecule has 100 valence electrons. The van der Waals surface area contributed by atoms with E-state index in [9.17, 15) is 4.79 Å². The molecule has 0 aromatic carbocycles. The monoisotopic (exact) mass is 250 g/mol. The van der Waals surface area contributed by atoms with Gasteiger partial charge in [-0.3, -0.25) is 4.79 Å². The van der Waals surface area contributed by atoms with Gasteiger partial charge < -0.3 is 14.6 Å². The average molecular weight is 250 g/mol. The quantitative estimate of drug-likeness (QED) is 0.841. The Morgan fingerprint density at radius 1 is 1.44 bits per heavy atom. The van der Waals surface area contributed by atoms with Gasteiger partial charge in [0.05, 0.1) is 13.1 Å². The fourth-order valence-corrected chi connectivity index (χ4v) is 2.57. The summed E-state index contributed by atoms with van der Waals surface area (Å²) in [6, 6.07) is 3.93. The molecule has 1 aromatic rings. The van der Waals surface area contributed by atoms with Gasteiger partial charge in [-0.1, -0.05) is 13.3 Å². The molecule has 1 aliphatic heterocycles. The second-order valence-electron chi connectivity index (χ2n) is 5.03. The van der Waals surface area contributed by atoms with Gasteiger partial charge in [-0.15, -0.1) is 0 Å². The molecule has 1 unspecified atom stereocenters. The van der Waals surface area contributed by atoms with Gasteiger partial charge in [0.2, 0.25) is 5.91 Å². The number of carbonyl (C=O) groups excluding carboxylic acids is 1. The van der Waals surface area contributed by atoms with E-state index in [0.29, 0.717) is 18.9 Å². The molecule has 1 saturated heterocycles. The first-order valence-corrected chi connectivity index (χ1v) is 6.73. The number of amides is 1. The van der Waals surface area contributed by atoms with Crippen LogP contribution in [0.1, 0.15) is 37.7 Å². The number of carbonyl (C=O) groups is 1. The number of hydrogen-bond donors (Lipinski definition) is 1. The molecule has 1 aliphatic rings. The number of hydrogen-bond acceptors (Lipinski definition) is 3. The predicted molar refractivity (Wildman–Crippen MR) is 69.9 cm³/mol. The van der Waals surface area contributed by atoms with E-state index in [1.807, 2.05) is 24.1 Å². The van der Waals surface area contributed by atoms with Crippen LogP contribution < -0.4 is 5.32 Å². The molecular formula is C14H22N2O2. The molecule has 0 bridgehead atoms. The maximum atomic E-state index is 11.9. The maximum absolute atomic E-state index is 11.9. The van der Waals surface area contributed by atoms with E-state index in [-0.39, 0.29) is 5.91 Å². The zero-order chi connectivity index (χ0) is 13.0. The van der Waals surface area contributed by atoms with Crippen molar-refractivity contribution >= 4 is 5.91 Å². The standard InChI is InChI=1S/C14H22N2O2/c1-3-4-11-7-14(17)16(9-11)10-13-6-5-12(18-13)8-15-2/h5-6,11,15H,3-4,7-10H2,1-2H3. The van der Waals surface area contributed by atoms with Crippen LogP contribution in [0.3, 0.4) is 0 Å². The molecule has 2 heterocycles. The molecule has 18 heavy (non-hydrogen) atoms. The first-order valence-electron chi connectivity index (χ1n) is 6.73. The Hall–Kier alpha value is -1.29. The summed E-state index contributed by atoms with van der Waals surface area (Å²) in [7, 11) is 1.89. The van der Waals surface area contributed by atoms with Crippen LogP contribution in [0.15, 0.2) is 16.5 Å². The van der Waals surface area contributed by atoms with Gasteiger partial charge in [-0.05, 0) is 31.5 Å². The van der Waals surface area contributed by atoms with Crippen LogP contribution in [0, 0.1) is 5.92 Å². The maximum Gasteiger partial charge on any atom is 0.223 e. The molecule has 1 amide bonds. The molecule has 0 spiro atoms. The molecule has 2 rings (SSSR count). The van der Waals surface area contributed by atoms with Crippen LogP contribution in [-0.2, 0) is 17.9 Å². The molecular weight excluding hydrogens is 228 g/mol. The zero-order valence-corrected chi connectivity index (χ0v) is 11.2. The van der Waals surface area contributed by atoms with Gasteiger partial charge in [0.25, 0.3) is 0 Å². The molecule has 1 N–H and O–H groups in total. The highest BCUT2D eigenvalue weighted by Gasteiger charge is 2.29. The Morgan fingerprint density at radius 2 is 2.22 bits per heavy atom. The highest BCUT2D eigenvalue weighted by molar-refractivity contribution is 5.78. The summed E-state index contributed by atoms with van der Waals surface area (Å²) >= 11 is 0. The van der Waals surface area contributed by atoms with Gasteiger partial charge >= 0.3 is 0 Å². The fourth-order valence-electron chi connectivity index (χ4n) is 2.57. The first kappa shape index (κ1) is 13.1. The highest BCUT2D eigenvalue weighted by Crippen LogP contribution is 2.24. The third-order valence-corrected chi connectivity index (χ3v) is 3.41. The Balaban J connectivity index is 1.90. The van der Waals surface area contributed by atoms with Crippen molar-refractivity contribution in [3.8, 4) is 0 Å². The molecule has 0 saturated carbocycles. The van der Waals surface area contributed by atoms with E-state index in [0.717, 1.165) is 37.5 Å². The lowest BCUT2D eigenvalue weighted by atomic mass is 10.0. The first-order chi connectivity index (χ1) is 8.72.